The molecule has 13 nitrogen and oxygen atoms in total. The first kappa shape index (κ1) is 33.4. The van der Waals surface area contributed by atoms with Crippen LogP contribution >= 0.6 is 0 Å². The summed E-state index contributed by atoms with van der Waals surface area (Å²) in [7, 11) is 5.21. The molecule has 0 spiro atoms. The molecule has 0 aliphatic carbocycles. The molecule has 0 bridgehead atoms. The summed E-state index contributed by atoms with van der Waals surface area (Å²) in [6.07, 6.45) is 0. The van der Waals surface area contributed by atoms with Gasteiger partial charge in [0.2, 0.25) is 5.91 Å². The summed E-state index contributed by atoms with van der Waals surface area (Å²) in [6, 6.07) is 22.2. The molecule has 1 fully saturated rings. The largest absolute Gasteiger partial charge is 0.473 e. The molecule has 2 aliphatic heterocycles. The average Bonchev–Trinajstić information content (AvgIpc) is 3.39. The van der Waals surface area contributed by atoms with Crippen molar-refractivity contribution in [3.63, 3.8) is 0 Å². The molecule has 240 valence electrons. The molecule has 13 heteroatoms. The molecule has 5 rings (SSSR count). The number of amides is 2. The predicted octanol–water partition coefficient (Wildman–Crippen LogP) is 2.77. The number of likely N-dealkylation sites (N-methyl/N-ethyl adjacent to an activating group) is 2. The minimum atomic E-state index is -1.82. The van der Waals surface area contributed by atoms with Gasteiger partial charge in [-0.3, -0.25) is 14.5 Å². The van der Waals surface area contributed by atoms with Crippen molar-refractivity contribution in [2.45, 2.75) is 0 Å². The third-order valence-electron chi connectivity index (χ3n) is 7.53. The lowest BCUT2D eigenvalue weighted by Gasteiger charge is -2.32. The highest BCUT2D eigenvalue weighted by atomic mass is 16.5. The predicted molar refractivity (Wildman–Crippen MR) is 172 cm³/mol. The van der Waals surface area contributed by atoms with E-state index >= 15 is 0 Å². The van der Waals surface area contributed by atoms with Crippen LogP contribution in [-0.4, -0.2) is 104 Å². The van der Waals surface area contributed by atoms with Gasteiger partial charge in [0.15, 0.2) is 0 Å². The number of fused-ring (bicyclic) bond motifs is 1. The van der Waals surface area contributed by atoms with Crippen LogP contribution in [0.2, 0.25) is 0 Å². The number of aliphatic carboxylic acids is 2. The van der Waals surface area contributed by atoms with Crippen molar-refractivity contribution in [3.8, 4) is 0 Å². The Kier molecular flexibility index (Phi) is 10.9. The van der Waals surface area contributed by atoms with Crippen LogP contribution in [0, 0.1) is 0 Å². The molecule has 3 aromatic carbocycles. The van der Waals surface area contributed by atoms with E-state index in [0.29, 0.717) is 34.6 Å². The van der Waals surface area contributed by atoms with Gasteiger partial charge in [0.05, 0.1) is 36.2 Å². The summed E-state index contributed by atoms with van der Waals surface area (Å²) in [5.74, 6) is -4.34. The molecule has 0 aromatic heterocycles. The molecule has 3 aromatic rings. The fraction of sp³-hybridized carbons (Fsp3) is 0.242. The first-order chi connectivity index (χ1) is 22.0. The molecule has 1 saturated heterocycles. The second-order valence-electron chi connectivity index (χ2n) is 10.6. The van der Waals surface area contributed by atoms with Crippen LogP contribution in [0.1, 0.15) is 21.5 Å². The minimum absolute atomic E-state index is 0.0444. The second kappa shape index (κ2) is 15.0. The number of rotatable bonds is 7. The number of hydrogen-bond donors (Lipinski definition) is 4. The zero-order chi connectivity index (χ0) is 33.4. The van der Waals surface area contributed by atoms with E-state index < -0.39 is 17.9 Å². The molecular formula is C33H35N5O8. The second-order valence-corrected chi connectivity index (χ2v) is 10.6. The summed E-state index contributed by atoms with van der Waals surface area (Å²) in [5, 5.41) is 21.1. The molecule has 4 N–H and O–H groups in total. The Bertz CT molecular complexity index is 1640. The number of methoxy groups -OCH3 is 1. The third-order valence-corrected chi connectivity index (χ3v) is 7.53. The van der Waals surface area contributed by atoms with Gasteiger partial charge in [-0.2, -0.15) is 0 Å². The van der Waals surface area contributed by atoms with Crippen LogP contribution in [0.4, 0.5) is 17.1 Å². The van der Waals surface area contributed by atoms with E-state index in [0.717, 1.165) is 43.1 Å². The Morgan fingerprint density at radius 1 is 0.891 bits per heavy atom. The number of carboxylic acids is 2. The number of piperazine rings is 1. The Morgan fingerprint density at radius 2 is 1.52 bits per heavy atom. The van der Waals surface area contributed by atoms with E-state index in [1.807, 2.05) is 54.6 Å². The normalized spacial score (nSPS) is 15.4. The Morgan fingerprint density at radius 3 is 2.11 bits per heavy atom. The zero-order valence-electron chi connectivity index (χ0n) is 25.6. The van der Waals surface area contributed by atoms with Gasteiger partial charge >= 0.3 is 17.9 Å². The van der Waals surface area contributed by atoms with Gasteiger partial charge in [-0.25, -0.2) is 14.4 Å². The van der Waals surface area contributed by atoms with Crippen LogP contribution in [0.25, 0.3) is 11.3 Å². The molecule has 0 radical (unpaired) electrons. The van der Waals surface area contributed by atoms with E-state index in [1.165, 1.54) is 7.11 Å². The molecule has 2 heterocycles. The fourth-order valence-corrected chi connectivity index (χ4v) is 4.91. The number of nitrogens with one attached hydrogen (secondary N) is 2. The summed E-state index contributed by atoms with van der Waals surface area (Å²) < 4.78 is 4.82. The molecular weight excluding hydrogens is 594 g/mol. The standard InChI is InChI=1S/C31H33N5O4.C2H2O4/c1-34-15-17-36(18-16-34)20-27(37)35(2)24-12-10-23(11-13-24)32-29(21-7-5-4-6-8-21)28-25-14-9-22(31(39)40-3)19-26(25)33-30(28)38;3-1(4)2(5)6/h4-14,19,32H,15-18,20H2,1-3H3,(H,33,38);(H,3,4)(H,5,6). The average molecular weight is 630 g/mol. The van der Waals surface area contributed by atoms with Crippen molar-refractivity contribution in [2.75, 3.05) is 69.5 Å². The van der Waals surface area contributed by atoms with Gasteiger partial charge in [-0.1, -0.05) is 36.4 Å². The minimum Gasteiger partial charge on any atom is -0.473 e. The van der Waals surface area contributed by atoms with Gasteiger partial charge in [0, 0.05) is 50.2 Å². The number of benzene rings is 3. The van der Waals surface area contributed by atoms with Crippen LogP contribution < -0.4 is 15.5 Å². The maximum absolute atomic E-state index is 13.2. The van der Waals surface area contributed by atoms with Crippen molar-refractivity contribution in [1.82, 2.24) is 9.80 Å². The van der Waals surface area contributed by atoms with E-state index in [9.17, 15) is 14.4 Å². The number of ether oxygens (including phenoxy) is 1. The summed E-state index contributed by atoms with van der Waals surface area (Å²) in [5.41, 5.74) is 5.10. The highest BCUT2D eigenvalue weighted by Crippen LogP contribution is 2.38. The lowest BCUT2D eigenvalue weighted by molar-refractivity contribution is -0.159. The van der Waals surface area contributed by atoms with Crippen molar-refractivity contribution in [1.29, 1.82) is 0 Å². The molecule has 46 heavy (non-hydrogen) atoms. The highest BCUT2D eigenvalue weighted by Gasteiger charge is 2.29. The molecule has 2 amide bonds. The van der Waals surface area contributed by atoms with Crippen LogP contribution in [-0.2, 0) is 23.9 Å². The van der Waals surface area contributed by atoms with Gasteiger partial charge in [-0.15, -0.1) is 0 Å². The smallest absolute Gasteiger partial charge is 0.414 e. The molecule has 2 aliphatic rings. The topological polar surface area (TPSA) is 169 Å². The van der Waals surface area contributed by atoms with E-state index in [4.69, 9.17) is 24.5 Å². The SMILES string of the molecule is COC(=O)c1ccc2c(c1)NC(=O)C2=C(Nc1ccc(N(C)C(=O)CN2CCN(C)CC2)cc1)c1ccccc1.O=C(O)C(=O)O. The van der Waals surface area contributed by atoms with E-state index in [1.54, 1.807) is 30.1 Å². The number of carbonyl (C=O) groups excluding carboxylic acids is 3. The Labute approximate surface area is 265 Å². The first-order valence-corrected chi connectivity index (χ1v) is 14.3. The van der Waals surface area contributed by atoms with Crippen molar-refractivity contribution in [2.24, 2.45) is 0 Å². The molecule has 0 saturated carbocycles. The maximum Gasteiger partial charge on any atom is 0.414 e. The van der Waals surface area contributed by atoms with E-state index in [-0.39, 0.29) is 11.8 Å². The van der Waals surface area contributed by atoms with Gasteiger partial charge in [-0.05, 0) is 49.0 Å². The van der Waals surface area contributed by atoms with Crippen LogP contribution in [0.5, 0.6) is 0 Å². The van der Waals surface area contributed by atoms with Crippen molar-refractivity contribution in [3.05, 3.63) is 89.5 Å². The van der Waals surface area contributed by atoms with Crippen molar-refractivity contribution < 1.29 is 38.9 Å². The number of esters is 1. The number of anilines is 3. The lowest BCUT2D eigenvalue weighted by atomic mass is 9.99. The highest BCUT2D eigenvalue weighted by molar-refractivity contribution is 6.37. The number of nitrogens with zero attached hydrogens (tertiary/aromatic N) is 3. The van der Waals surface area contributed by atoms with E-state index in [2.05, 4.69) is 27.5 Å². The summed E-state index contributed by atoms with van der Waals surface area (Å²) >= 11 is 0. The number of carboxylic acid groups (broad SMARTS) is 2. The first-order valence-electron chi connectivity index (χ1n) is 14.3. The third kappa shape index (κ3) is 8.14. The lowest BCUT2D eigenvalue weighted by Crippen LogP contribution is -2.48. The van der Waals surface area contributed by atoms with Gasteiger partial charge < -0.3 is 35.4 Å². The zero-order valence-corrected chi connectivity index (χ0v) is 25.6. The summed E-state index contributed by atoms with van der Waals surface area (Å²) in [6.45, 7) is 4.09. The fourth-order valence-electron chi connectivity index (χ4n) is 4.91. The number of hydrogen-bond acceptors (Lipinski definition) is 9. The Hall–Kier alpha value is -5.53. The Balaban J connectivity index is 0.000000731. The maximum atomic E-state index is 13.2. The molecule has 0 atom stereocenters. The van der Waals surface area contributed by atoms with Crippen LogP contribution in [0.15, 0.2) is 72.8 Å². The van der Waals surface area contributed by atoms with Crippen LogP contribution in [0.3, 0.4) is 0 Å². The monoisotopic (exact) mass is 629 g/mol. The van der Waals surface area contributed by atoms with Gasteiger partial charge in [0.25, 0.3) is 5.91 Å². The molecule has 0 unspecified atom stereocenters. The quantitative estimate of drug-likeness (QED) is 0.172. The van der Waals surface area contributed by atoms with Gasteiger partial charge in [0.1, 0.15) is 0 Å². The van der Waals surface area contributed by atoms with Crippen molar-refractivity contribution >= 4 is 58.1 Å². The summed E-state index contributed by atoms with van der Waals surface area (Å²) in [4.78, 5) is 62.5. The number of carbonyl (C=O) groups is 5.